The van der Waals surface area contributed by atoms with E-state index in [0.717, 1.165) is 47.5 Å². The van der Waals surface area contributed by atoms with Crippen LogP contribution >= 0.6 is 0 Å². The minimum atomic E-state index is -1.35. The Kier molecular flexibility index (Phi) is 8.64. The van der Waals surface area contributed by atoms with Gasteiger partial charge in [-0.2, -0.15) is 4.89 Å². The second kappa shape index (κ2) is 11.5. The lowest BCUT2D eigenvalue weighted by Crippen LogP contribution is -2.33. The molecule has 2 aliphatic rings. The molecular weight excluding hydrogens is 516 g/mol. The van der Waals surface area contributed by atoms with Crippen LogP contribution in [-0.2, 0) is 37.9 Å². The third-order valence-electron chi connectivity index (χ3n) is 7.23. The molecule has 8 nitrogen and oxygen atoms in total. The molecule has 2 aromatic rings. The Morgan fingerprint density at radius 2 is 1.74 bits per heavy atom. The van der Waals surface area contributed by atoms with Crippen LogP contribution in [0.1, 0.15) is 75.6 Å². The quantitative estimate of drug-likeness (QED) is 0.442. The molecular formula is C30H42N2O6S. The molecule has 2 aromatic carbocycles. The van der Waals surface area contributed by atoms with Crippen molar-refractivity contribution < 1.29 is 28.6 Å². The number of aromatic hydroxyl groups is 1. The highest BCUT2D eigenvalue weighted by atomic mass is 32.2. The third kappa shape index (κ3) is 6.76. The van der Waals surface area contributed by atoms with E-state index in [1.807, 2.05) is 37.4 Å². The molecule has 0 bridgehead atoms. The number of hydrogen-bond donors (Lipinski definition) is 1. The molecule has 2 atom stereocenters. The normalized spacial score (nSPS) is 19.5. The molecule has 0 spiro atoms. The zero-order chi connectivity index (χ0) is 28.5. The van der Waals surface area contributed by atoms with Gasteiger partial charge in [0.25, 0.3) is 0 Å². The van der Waals surface area contributed by atoms with Gasteiger partial charge in [0.05, 0.1) is 10.8 Å². The van der Waals surface area contributed by atoms with Crippen LogP contribution in [0.25, 0.3) is 0 Å². The van der Waals surface area contributed by atoms with Gasteiger partial charge in [-0.05, 0) is 71.8 Å². The van der Waals surface area contributed by atoms with Gasteiger partial charge < -0.3 is 24.5 Å². The number of ether oxygens (including phenoxy) is 1. The average molecular weight is 559 g/mol. The number of rotatable bonds is 9. The first-order chi connectivity index (χ1) is 18.3. The van der Waals surface area contributed by atoms with Crippen molar-refractivity contribution in [3.8, 4) is 17.2 Å². The SMILES string of the molecule is CN(CCCN1C(=O)CS(=O)C1c1cc(C(C)(C)C)c(O)c(C(C)(C)C)c1)CCOc1ccc2c(c1)OOC2. The Labute approximate surface area is 234 Å². The Morgan fingerprint density at radius 1 is 1.08 bits per heavy atom. The largest absolute Gasteiger partial charge is 0.507 e. The van der Waals surface area contributed by atoms with E-state index in [2.05, 4.69) is 46.4 Å². The third-order valence-corrected chi connectivity index (χ3v) is 8.79. The smallest absolute Gasteiger partial charge is 0.236 e. The molecule has 0 radical (unpaired) electrons. The van der Waals surface area contributed by atoms with E-state index >= 15 is 0 Å². The van der Waals surface area contributed by atoms with Crippen molar-refractivity contribution in [1.29, 1.82) is 0 Å². The monoisotopic (exact) mass is 558 g/mol. The molecule has 1 saturated heterocycles. The van der Waals surface area contributed by atoms with Crippen molar-refractivity contribution in [2.75, 3.05) is 39.0 Å². The Bertz CT molecular complexity index is 1200. The number of hydrogen-bond acceptors (Lipinski definition) is 7. The Hall–Kier alpha value is -2.62. The molecule has 1 amide bonds. The van der Waals surface area contributed by atoms with Crippen LogP contribution in [0.3, 0.4) is 0 Å². The van der Waals surface area contributed by atoms with E-state index < -0.39 is 16.2 Å². The second-order valence-electron chi connectivity index (χ2n) is 12.5. The fourth-order valence-electron chi connectivity index (χ4n) is 4.99. The van der Waals surface area contributed by atoms with Crippen molar-refractivity contribution >= 4 is 16.7 Å². The van der Waals surface area contributed by atoms with Gasteiger partial charge in [-0.3, -0.25) is 9.00 Å². The Morgan fingerprint density at radius 3 is 2.38 bits per heavy atom. The van der Waals surface area contributed by atoms with Crippen LogP contribution < -0.4 is 9.62 Å². The number of benzene rings is 2. The summed E-state index contributed by atoms with van der Waals surface area (Å²) < 4.78 is 19.1. The predicted octanol–water partition coefficient (Wildman–Crippen LogP) is 4.80. The number of likely N-dealkylation sites (N-methyl/N-ethyl adjacent to an activating group) is 1. The summed E-state index contributed by atoms with van der Waals surface area (Å²) >= 11 is 0. The first kappa shape index (κ1) is 29.4. The van der Waals surface area contributed by atoms with Gasteiger partial charge in [0.15, 0.2) is 5.75 Å². The standard InChI is InChI=1S/C30H42N2O6S/c1-29(2,3)23-15-21(16-24(27(23)34)30(4,5)6)28-32(26(33)19-39(28)35)12-8-11-31(7)13-14-36-22-10-9-20-18-37-38-25(20)17-22/h9-10,15-17,28,34H,8,11-14,18-19H2,1-7H3. The molecule has 9 heteroatoms. The van der Waals surface area contributed by atoms with Crippen LogP contribution in [0.15, 0.2) is 30.3 Å². The van der Waals surface area contributed by atoms with Crippen molar-refractivity contribution in [1.82, 2.24) is 9.80 Å². The van der Waals surface area contributed by atoms with Crippen LogP contribution in [0.2, 0.25) is 0 Å². The number of carbonyl (C=O) groups is 1. The first-order valence-corrected chi connectivity index (χ1v) is 14.9. The summed E-state index contributed by atoms with van der Waals surface area (Å²) in [6.07, 6.45) is 0.746. The molecule has 214 valence electrons. The molecule has 2 unspecified atom stereocenters. The number of fused-ring (bicyclic) bond motifs is 1. The summed E-state index contributed by atoms with van der Waals surface area (Å²) in [6.45, 7) is 15.3. The van der Waals surface area contributed by atoms with Gasteiger partial charge in [-0.1, -0.05) is 41.5 Å². The maximum absolute atomic E-state index is 13.2. The number of nitrogens with zero attached hydrogens (tertiary/aromatic N) is 2. The molecule has 0 saturated carbocycles. The van der Waals surface area contributed by atoms with E-state index in [1.165, 1.54) is 0 Å². The van der Waals surface area contributed by atoms with Crippen molar-refractivity contribution in [2.45, 2.75) is 70.8 Å². The van der Waals surface area contributed by atoms with Gasteiger partial charge in [0.2, 0.25) is 5.91 Å². The van der Waals surface area contributed by atoms with Crippen LogP contribution in [0.4, 0.5) is 0 Å². The summed E-state index contributed by atoms with van der Waals surface area (Å²) in [6, 6.07) is 9.57. The lowest BCUT2D eigenvalue weighted by atomic mass is 9.78. The highest BCUT2D eigenvalue weighted by Gasteiger charge is 2.40. The van der Waals surface area contributed by atoms with Crippen molar-refractivity contribution in [3.63, 3.8) is 0 Å². The summed E-state index contributed by atoms with van der Waals surface area (Å²) in [7, 11) is 0.677. The van der Waals surface area contributed by atoms with E-state index in [1.54, 1.807) is 4.90 Å². The minimum absolute atomic E-state index is 0.0282. The van der Waals surface area contributed by atoms with E-state index in [0.29, 0.717) is 25.5 Å². The van der Waals surface area contributed by atoms with Gasteiger partial charge in [-0.15, -0.1) is 0 Å². The fraction of sp³-hybridized carbons (Fsp3) is 0.567. The zero-order valence-electron chi connectivity index (χ0n) is 24.2. The molecule has 2 heterocycles. The lowest BCUT2D eigenvalue weighted by Gasteiger charge is -2.31. The second-order valence-corrected chi connectivity index (χ2v) is 14.0. The zero-order valence-corrected chi connectivity index (χ0v) is 25.0. The van der Waals surface area contributed by atoms with E-state index in [4.69, 9.17) is 14.5 Å². The first-order valence-electron chi connectivity index (χ1n) is 13.5. The topological polar surface area (TPSA) is 88.5 Å². The van der Waals surface area contributed by atoms with Crippen LogP contribution in [0.5, 0.6) is 17.2 Å². The maximum Gasteiger partial charge on any atom is 0.236 e. The molecule has 1 fully saturated rings. The van der Waals surface area contributed by atoms with Gasteiger partial charge in [-0.25, -0.2) is 0 Å². The van der Waals surface area contributed by atoms with E-state index in [-0.39, 0.29) is 28.2 Å². The van der Waals surface area contributed by atoms with Gasteiger partial charge in [0.1, 0.15) is 35.8 Å². The summed E-state index contributed by atoms with van der Waals surface area (Å²) in [5.74, 6) is 1.65. The number of phenolic OH excluding ortho intramolecular Hbond substituents is 1. The summed E-state index contributed by atoms with van der Waals surface area (Å²) in [5.41, 5.74) is 2.84. The Balaban J connectivity index is 1.39. The molecule has 4 rings (SSSR count). The number of phenols is 1. The fourth-order valence-corrected chi connectivity index (χ4v) is 6.51. The molecule has 0 aromatic heterocycles. The van der Waals surface area contributed by atoms with Gasteiger partial charge in [0, 0.05) is 24.7 Å². The number of amides is 1. The van der Waals surface area contributed by atoms with E-state index in [9.17, 15) is 14.1 Å². The number of carbonyl (C=O) groups excluding carboxylic acids is 1. The maximum atomic E-state index is 13.2. The predicted molar refractivity (Wildman–Crippen MR) is 152 cm³/mol. The van der Waals surface area contributed by atoms with Gasteiger partial charge >= 0.3 is 0 Å². The molecule has 39 heavy (non-hydrogen) atoms. The van der Waals surface area contributed by atoms with Crippen molar-refractivity contribution in [3.05, 3.63) is 52.6 Å². The summed E-state index contributed by atoms with van der Waals surface area (Å²) in [5, 5.41) is 10.6. The molecule has 0 aliphatic carbocycles. The summed E-state index contributed by atoms with van der Waals surface area (Å²) in [4.78, 5) is 26.9. The lowest BCUT2D eigenvalue weighted by molar-refractivity contribution is -0.194. The highest BCUT2D eigenvalue weighted by Crippen LogP contribution is 2.43. The van der Waals surface area contributed by atoms with Crippen LogP contribution in [0, 0.1) is 0 Å². The molecule has 1 N–H and O–H groups in total. The highest BCUT2D eigenvalue weighted by molar-refractivity contribution is 7.86. The average Bonchev–Trinajstić information content (AvgIpc) is 3.41. The minimum Gasteiger partial charge on any atom is -0.507 e. The van der Waals surface area contributed by atoms with Crippen molar-refractivity contribution in [2.24, 2.45) is 0 Å². The van der Waals surface area contributed by atoms with Crippen LogP contribution in [-0.4, -0.2) is 64.1 Å². The molecule has 2 aliphatic heterocycles.